The molecule has 0 saturated heterocycles. The molecule has 1 aromatic carbocycles. The molecule has 7 nitrogen and oxygen atoms in total. The standard InChI is InChI=1S/C15H15F4N3O4S/c1-2-5-22-14(24)20-21-15(22)27-7-10(23)9-4-3-8(25-12(16)17)6-11(9)26-13(18)19/h3-4,6,12-13H,2,5,7H2,1H3,(H,20,24). The number of alkyl halides is 4. The van der Waals surface area contributed by atoms with Crippen LogP contribution in [-0.2, 0) is 6.54 Å². The van der Waals surface area contributed by atoms with Crippen LogP contribution in [0.15, 0.2) is 28.2 Å². The number of aromatic nitrogens is 3. The number of benzene rings is 1. The van der Waals surface area contributed by atoms with Gasteiger partial charge in [0.1, 0.15) is 11.5 Å². The molecule has 0 atom stereocenters. The van der Waals surface area contributed by atoms with Crippen molar-refractivity contribution in [2.75, 3.05) is 5.75 Å². The molecule has 0 unspecified atom stereocenters. The molecule has 1 heterocycles. The lowest BCUT2D eigenvalue weighted by Gasteiger charge is -2.12. The van der Waals surface area contributed by atoms with Crippen molar-refractivity contribution >= 4 is 17.5 Å². The Balaban J connectivity index is 2.18. The van der Waals surface area contributed by atoms with Crippen molar-refractivity contribution in [1.29, 1.82) is 0 Å². The minimum atomic E-state index is -3.26. The Bertz CT molecular complexity index is 841. The van der Waals surface area contributed by atoms with Gasteiger partial charge in [-0.05, 0) is 18.6 Å². The van der Waals surface area contributed by atoms with Gasteiger partial charge in [-0.25, -0.2) is 9.89 Å². The molecule has 0 spiro atoms. The fourth-order valence-electron chi connectivity index (χ4n) is 2.14. The summed E-state index contributed by atoms with van der Waals surface area (Å²) in [5.41, 5.74) is -0.661. The number of carbonyl (C=O) groups is 1. The van der Waals surface area contributed by atoms with E-state index >= 15 is 0 Å². The van der Waals surface area contributed by atoms with E-state index in [4.69, 9.17) is 0 Å². The molecule has 148 valence electrons. The van der Waals surface area contributed by atoms with Crippen LogP contribution in [0.2, 0.25) is 0 Å². The average Bonchev–Trinajstić information content (AvgIpc) is 2.92. The van der Waals surface area contributed by atoms with Crippen LogP contribution in [-0.4, -0.2) is 39.5 Å². The van der Waals surface area contributed by atoms with E-state index in [-0.39, 0.29) is 16.5 Å². The Labute approximate surface area is 154 Å². The highest BCUT2D eigenvalue weighted by Crippen LogP contribution is 2.29. The van der Waals surface area contributed by atoms with E-state index in [0.717, 1.165) is 30.0 Å². The normalized spacial score (nSPS) is 11.2. The molecule has 0 fully saturated rings. The summed E-state index contributed by atoms with van der Waals surface area (Å²) in [6, 6.07) is 2.89. The third-order valence-electron chi connectivity index (χ3n) is 3.20. The largest absolute Gasteiger partial charge is 0.435 e. The first-order valence-corrected chi connectivity index (χ1v) is 8.65. The number of halogens is 4. The second-order valence-electron chi connectivity index (χ2n) is 5.09. The van der Waals surface area contributed by atoms with E-state index in [0.29, 0.717) is 13.0 Å². The van der Waals surface area contributed by atoms with E-state index in [2.05, 4.69) is 19.7 Å². The zero-order valence-electron chi connectivity index (χ0n) is 14.0. The van der Waals surface area contributed by atoms with Crippen LogP contribution in [0, 0.1) is 0 Å². The van der Waals surface area contributed by atoms with Gasteiger partial charge in [-0.15, -0.1) is 5.10 Å². The number of rotatable bonds is 10. The summed E-state index contributed by atoms with van der Waals surface area (Å²) in [4.78, 5) is 24.0. The number of ether oxygens (including phenoxy) is 2. The Morgan fingerprint density at radius 3 is 2.59 bits per heavy atom. The molecule has 12 heteroatoms. The second-order valence-corrected chi connectivity index (χ2v) is 6.03. The molecule has 1 aromatic heterocycles. The van der Waals surface area contributed by atoms with Crippen LogP contribution in [0.3, 0.4) is 0 Å². The maximum absolute atomic E-state index is 12.6. The van der Waals surface area contributed by atoms with Crippen molar-refractivity contribution in [3.05, 3.63) is 34.2 Å². The van der Waals surface area contributed by atoms with Gasteiger partial charge < -0.3 is 9.47 Å². The van der Waals surface area contributed by atoms with Gasteiger partial charge in [0.15, 0.2) is 10.9 Å². The Kier molecular flexibility index (Phi) is 7.28. The van der Waals surface area contributed by atoms with Crippen LogP contribution in [0.25, 0.3) is 0 Å². The van der Waals surface area contributed by atoms with Crippen molar-refractivity contribution in [2.45, 2.75) is 38.3 Å². The highest BCUT2D eigenvalue weighted by atomic mass is 32.2. The lowest BCUT2D eigenvalue weighted by molar-refractivity contribution is -0.0544. The maximum Gasteiger partial charge on any atom is 0.387 e. The lowest BCUT2D eigenvalue weighted by atomic mass is 10.1. The summed E-state index contributed by atoms with van der Waals surface area (Å²) >= 11 is 0.930. The van der Waals surface area contributed by atoms with E-state index in [1.807, 2.05) is 6.92 Å². The quantitative estimate of drug-likeness (QED) is 0.369. The van der Waals surface area contributed by atoms with Gasteiger partial charge in [0, 0.05) is 12.6 Å². The number of H-pyrrole nitrogens is 1. The first kappa shape index (κ1) is 20.8. The number of hydrogen-bond acceptors (Lipinski definition) is 6. The van der Waals surface area contributed by atoms with Crippen molar-refractivity contribution in [3.8, 4) is 11.5 Å². The van der Waals surface area contributed by atoms with Crippen LogP contribution < -0.4 is 15.2 Å². The fourth-order valence-corrected chi connectivity index (χ4v) is 3.00. The highest BCUT2D eigenvalue weighted by molar-refractivity contribution is 7.99. The monoisotopic (exact) mass is 409 g/mol. The number of ketones is 1. The summed E-state index contributed by atoms with van der Waals surface area (Å²) in [5, 5.41) is 6.33. The third kappa shape index (κ3) is 5.74. The number of hydrogen-bond donors (Lipinski definition) is 1. The molecular formula is C15H15F4N3O4S. The molecule has 27 heavy (non-hydrogen) atoms. The number of carbonyl (C=O) groups excluding carboxylic acids is 1. The number of Topliss-reactive ketones (excluding diaryl/α,β-unsaturated/α-hetero) is 1. The molecule has 0 amide bonds. The van der Waals surface area contributed by atoms with Crippen LogP contribution in [0.4, 0.5) is 17.6 Å². The van der Waals surface area contributed by atoms with Gasteiger partial charge in [0.2, 0.25) is 0 Å². The Hall–Kier alpha value is -2.50. The van der Waals surface area contributed by atoms with Crippen LogP contribution in [0.5, 0.6) is 11.5 Å². The van der Waals surface area contributed by atoms with Gasteiger partial charge in [0.25, 0.3) is 0 Å². The zero-order chi connectivity index (χ0) is 20.0. The molecule has 0 aliphatic carbocycles. The lowest BCUT2D eigenvalue weighted by Crippen LogP contribution is -2.17. The summed E-state index contributed by atoms with van der Waals surface area (Å²) in [6.45, 7) is -4.16. The van der Waals surface area contributed by atoms with Crippen molar-refractivity contribution in [1.82, 2.24) is 14.8 Å². The van der Waals surface area contributed by atoms with Crippen molar-refractivity contribution < 1.29 is 31.8 Å². The molecule has 2 aromatic rings. The number of aromatic amines is 1. The van der Waals surface area contributed by atoms with Gasteiger partial charge in [-0.2, -0.15) is 17.6 Å². The van der Waals surface area contributed by atoms with E-state index in [1.165, 1.54) is 4.57 Å². The van der Waals surface area contributed by atoms with Crippen molar-refractivity contribution in [2.24, 2.45) is 0 Å². The first-order chi connectivity index (χ1) is 12.8. The Morgan fingerprint density at radius 1 is 1.26 bits per heavy atom. The molecular weight excluding hydrogens is 394 g/mol. The number of nitrogens with one attached hydrogen (secondary N) is 1. The Morgan fingerprint density at radius 2 is 1.96 bits per heavy atom. The first-order valence-electron chi connectivity index (χ1n) is 7.66. The van der Waals surface area contributed by atoms with Crippen molar-refractivity contribution in [3.63, 3.8) is 0 Å². The average molecular weight is 409 g/mol. The molecule has 0 radical (unpaired) electrons. The fraction of sp³-hybridized carbons (Fsp3) is 0.400. The second kappa shape index (κ2) is 9.44. The summed E-state index contributed by atoms with van der Waals surface area (Å²) < 4.78 is 59.4. The van der Waals surface area contributed by atoms with E-state index < -0.39 is 36.2 Å². The predicted octanol–water partition coefficient (Wildman–Crippen LogP) is 3.16. The van der Waals surface area contributed by atoms with Gasteiger partial charge in [-0.3, -0.25) is 9.36 Å². The number of nitrogens with zero attached hydrogens (tertiary/aromatic N) is 2. The molecule has 0 aliphatic heterocycles. The van der Waals surface area contributed by atoms with Crippen LogP contribution in [0.1, 0.15) is 23.7 Å². The molecule has 0 bridgehead atoms. The van der Waals surface area contributed by atoms with Gasteiger partial charge in [-0.1, -0.05) is 18.7 Å². The van der Waals surface area contributed by atoms with Crippen LogP contribution >= 0.6 is 11.8 Å². The molecule has 0 aliphatic rings. The summed E-state index contributed by atoms with van der Waals surface area (Å²) in [5.74, 6) is -1.85. The SMILES string of the molecule is CCCn1c(SCC(=O)c2ccc(OC(F)F)cc2OC(F)F)n[nH]c1=O. The highest BCUT2D eigenvalue weighted by Gasteiger charge is 2.19. The zero-order valence-corrected chi connectivity index (χ0v) is 14.8. The van der Waals surface area contributed by atoms with Gasteiger partial charge >= 0.3 is 18.9 Å². The molecule has 0 saturated carbocycles. The third-order valence-corrected chi connectivity index (χ3v) is 4.17. The topological polar surface area (TPSA) is 86.2 Å². The predicted molar refractivity (Wildman–Crippen MR) is 87.9 cm³/mol. The van der Waals surface area contributed by atoms with Gasteiger partial charge in [0.05, 0.1) is 11.3 Å². The minimum Gasteiger partial charge on any atom is -0.435 e. The van der Waals surface area contributed by atoms with E-state index in [9.17, 15) is 27.2 Å². The minimum absolute atomic E-state index is 0.232. The summed E-state index contributed by atoms with van der Waals surface area (Å²) in [6.07, 6.45) is 0.666. The molecule has 1 N–H and O–H groups in total. The smallest absolute Gasteiger partial charge is 0.387 e. The van der Waals surface area contributed by atoms with E-state index in [1.54, 1.807) is 0 Å². The summed E-state index contributed by atoms with van der Waals surface area (Å²) in [7, 11) is 0. The maximum atomic E-state index is 12.6. The number of thioether (sulfide) groups is 1. The molecule has 2 rings (SSSR count).